The van der Waals surface area contributed by atoms with Crippen LogP contribution < -0.4 is 10.2 Å². The summed E-state index contributed by atoms with van der Waals surface area (Å²) in [4.78, 5) is 32.6. The number of pyridine rings is 1. The molecule has 0 aliphatic carbocycles. The van der Waals surface area contributed by atoms with Gasteiger partial charge in [-0.3, -0.25) is 9.59 Å². The monoisotopic (exact) mass is 357 g/mol. The van der Waals surface area contributed by atoms with Gasteiger partial charge >= 0.3 is 0 Å². The van der Waals surface area contributed by atoms with E-state index in [1.807, 2.05) is 37.4 Å². The predicted octanol–water partition coefficient (Wildman–Crippen LogP) is 3.33. The van der Waals surface area contributed by atoms with Crippen LogP contribution in [0.3, 0.4) is 0 Å². The number of hydrogen-bond donors (Lipinski definition) is 1. The first kappa shape index (κ1) is 17.6. The van der Waals surface area contributed by atoms with Crippen LogP contribution >= 0.6 is 11.3 Å². The lowest BCUT2D eigenvalue weighted by Crippen LogP contribution is -2.23. The number of aromatic nitrogens is 1. The van der Waals surface area contributed by atoms with Gasteiger partial charge in [0.25, 0.3) is 0 Å². The Labute approximate surface area is 152 Å². The summed E-state index contributed by atoms with van der Waals surface area (Å²) < 4.78 is 0. The minimum absolute atomic E-state index is 0.0323. The molecule has 132 valence electrons. The summed E-state index contributed by atoms with van der Waals surface area (Å²) in [5.74, 6) is 0.930. The van der Waals surface area contributed by atoms with Gasteiger partial charge in [-0.05, 0) is 43.5 Å². The Hall–Kier alpha value is -2.21. The predicted molar refractivity (Wildman–Crippen MR) is 100 cm³/mol. The molecule has 1 saturated heterocycles. The number of nitrogens with one attached hydrogen (secondary N) is 1. The van der Waals surface area contributed by atoms with E-state index in [1.165, 1.54) is 24.2 Å². The average Bonchev–Trinajstić information content (AvgIpc) is 3.30. The lowest BCUT2D eigenvalue weighted by molar-refractivity contribution is -0.121. The largest absolute Gasteiger partial charge is 0.357 e. The normalized spacial score (nSPS) is 13.9. The number of anilines is 1. The second-order valence-corrected chi connectivity index (χ2v) is 7.62. The third-order valence-corrected chi connectivity index (χ3v) is 5.36. The number of hydrogen-bond acceptors (Lipinski definition) is 5. The molecule has 1 N–H and O–H groups in total. The van der Waals surface area contributed by atoms with Crippen LogP contribution in [0.25, 0.3) is 0 Å². The fourth-order valence-corrected chi connectivity index (χ4v) is 3.71. The van der Waals surface area contributed by atoms with Gasteiger partial charge in [0.2, 0.25) is 5.91 Å². The van der Waals surface area contributed by atoms with Crippen LogP contribution in [-0.2, 0) is 11.3 Å². The minimum Gasteiger partial charge on any atom is -0.357 e. The standard InChI is InChI=1S/C19H23N3O2S/c1-14-4-7-17(25-14)16(23)6-9-19(24)21-13-15-5-8-18(20-12-15)22-10-2-3-11-22/h4-5,7-8,12H,2-3,6,9-11,13H2,1H3,(H,21,24). The topological polar surface area (TPSA) is 62.3 Å². The average molecular weight is 357 g/mol. The van der Waals surface area contributed by atoms with Gasteiger partial charge in [-0.1, -0.05) is 6.07 Å². The Balaban J connectivity index is 1.41. The second-order valence-electron chi connectivity index (χ2n) is 6.33. The number of carbonyl (C=O) groups is 2. The van der Waals surface area contributed by atoms with Crippen molar-refractivity contribution in [3.8, 4) is 0 Å². The molecule has 5 nitrogen and oxygen atoms in total. The van der Waals surface area contributed by atoms with Crippen molar-refractivity contribution in [2.24, 2.45) is 0 Å². The van der Waals surface area contributed by atoms with Gasteiger partial charge in [-0.15, -0.1) is 11.3 Å². The molecule has 0 unspecified atom stereocenters. The van der Waals surface area contributed by atoms with Crippen LogP contribution in [0.4, 0.5) is 5.82 Å². The number of aryl methyl sites for hydroxylation is 1. The van der Waals surface area contributed by atoms with Gasteiger partial charge in [0, 0.05) is 43.5 Å². The molecular weight excluding hydrogens is 334 g/mol. The molecule has 0 saturated carbocycles. The van der Waals surface area contributed by atoms with E-state index in [0.29, 0.717) is 6.54 Å². The summed E-state index contributed by atoms with van der Waals surface area (Å²) in [6.07, 6.45) is 4.73. The number of carbonyl (C=O) groups excluding carboxylic acids is 2. The number of Topliss-reactive ketones (excluding diaryl/α,β-unsaturated/α-hetero) is 1. The zero-order valence-corrected chi connectivity index (χ0v) is 15.3. The van der Waals surface area contributed by atoms with Crippen molar-refractivity contribution in [2.75, 3.05) is 18.0 Å². The highest BCUT2D eigenvalue weighted by atomic mass is 32.1. The number of nitrogens with zero attached hydrogens (tertiary/aromatic N) is 2. The van der Waals surface area contributed by atoms with E-state index < -0.39 is 0 Å². The van der Waals surface area contributed by atoms with E-state index in [9.17, 15) is 9.59 Å². The van der Waals surface area contributed by atoms with E-state index in [1.54, 1.807) is 0 Å². The smallest absolute Gasteiger partial charge is 0.220 e. The highest BCUT2D eigenvalue weighted by Gasteiger charge is 2.13. The van der Waals surface area contributed by atoms with Gasteiger partial charge in [-0.25, -0.2) is 4.98 Å². The molecule has 0 radical (unpaired) electrons. The maximum absolute atomic E-state index is 12.0. The summed E-state index contributed by atoms with van der Waals surface area (Å²) in [5, 5.41) is 2.86. The Morgan fingerprint density at radius 2 is 1.96 bits per heavy atom. The van der Waals surface area contributed by atoms with Crippen LogP contribution in [0, 0.1) is 6.92 Å². The lowest BCUT2D eigenvalue weighted by Gasteiger charge is -2.16. The number of ketones is 1. The van der Waals surface area contributed by atoms with E-state index in [4.69, 9.17) is 0 Å². The summed E-state index contributed by atoms with van der Waals surface area (Å²) >= 11 is 1.48. The highest BCUT2D eigenvalue weighted by Crippen LogP contribution is 2.18. The third-order valence-electron chi connectivity index (χ3n) is 4.32. The zero-order valence-electron chi connectivity index (χ0n) is 14.5. The molecule has 0 bridgehead atoms. The fraction of sp³-hybridized carbons (Fsp3) is 0.421. The zero-order chi connectivity index (χ0) is 17.6. The molecule has 1 aliphatic heterocycles. The number of rotatable bonds is 7. The molecule has 1 amide bonds. The molecule has 2 aromatic heterocycles. The van der Waals surface area contributed by atoms with Crippen molar-refractivity contribution in [1.29, 1.82) is 0 Å². The third kappa shape index (κ3) is 4.89. The summed E-state index contributed by atoms with van der Waals surface area (Å²) in [5.41, 5.74) is 0.969. The van der Waals surface area contributed by atoms with Gasteiger partial charge in [0.05, 0.1) is 4.88 Å². The van der Waals surface area contributed by atoms with Crippen molar-refractivity contribution in [2.45, 2.75) is 39.2 Å². The Morgan fingerprint density at radius 1 is 1.16 bits per heavy atom. The number of amides is 1. The Kier molecular flexibility index (Phi) is 5.81. The summed E-state index contributed by atoms with van der Waals surface area (Å²) in [6, 6.07) is 7.76. The molecule has 1 fully saturated rings. The van der Waals surface area contributed by atoms with Crippen LogP contribution in [-0.4, -0.2) is 29.8 Å². The molecule has 1 aliphatic rings. The molecule has 2 aromatic rings. The first-order valence-electron chi connectivity index (χ1n) is 8.68. The fourth-order valence-electron chi connectivity index (χ4n) is 2.88. The van der Waals surface area contributed by atoms with Crippen molar-refractivity contribution in [3.05, 3.63) is 45.8 Å². The van der Waals surface area contributed by atoms with Gasteiger partial charge in [-0.2, -0.15) is 0 Å². The molecule has 6 heteroatoms. The van der Waals surface area contributed by atoms with Crippen LogP contribution in [0.5, 0.6) is 0 Å². The second kappa shape index (κ2) is 8.25. The van der Waals surface area contributed by atoms with Gasteiger partial charge in [0.15, 0.2) is 5.78 Å². The maximum Gasteiger partial charge on any atom is 0.220 e. The molecule has 0 aromatic carbocycles. The number of thiophene rings is 1. The van der Waals surface area contributed by atoms with Crippen LogP contribution in [0.2, 0.25) is 0 Å². The molecule has 3 rings (SSSR count). The maximum atomic E-state index is 12.0. The lowest BCUT2D eigenvalue weighted by atomic mass is 10.2. The Bertz CT molecular complexity index is 733. The SMILES string of the molecule is Cc1ccc(C(=O)CCC(=O)NCc2ccc(N3CCCC3)nc2)s1. The molecule has 3 heterocycles. The molecule has 25 heavy (non-hydrogen) atoms. The Morgan fingerprint density at radius 3 is 2.60 bits per heavy atom. The van der Waals surface area contributed by atoms with E-state index in [0.717, 1.165) is 34.2 Å². The molecule has 0 atom stereocenters. The van der Waals surface area contributed by atoms with Gasteiger partial charge < -0.3 is 10.2 Å². The van der Waals surface area contributed by atoms with Crippen molar-refractivity contribution in [1.82, 2.24) is 10.3 Å². The van der Waals surface area contributed by atoms with Gasteiger partial charge in [0.1, 0.15) is 5.82 Å². The van der Waals surface area contributed by atoms with E-state index in [-0.39, 0.29) is 24.5 Å². The quantitative estimate of drug-likeness (QED) is 0.772. The summed E-state index contributed by atoms with van der Waals surface area (Å²) in [6.45, 7) is 4.55. The van der Waals surface area contributed by atoms with E-state index in [2.05, 4.69) is 15.2 Å². The minimum atomic E-state index is -0.106. The molecular formula is C19H23N3O2S. The van der Waals surface area contributed by atoms with Crippen LogP contribution in [0.15, 0.2) is 30.5 Å². The first-order chi connectivity index (χ1) is 12.1. The summed E-state index contributed by atoms with van der Waals surface area (Å²) in [7, 11) is 0. The van der Waals surface area contributed by atoms with Crippen molar-refractivity contribution < 1.29 is 9.59 Å². The first-order valence-corrected chi connectivity index (χ1v) is 9.50. The molecule has 0 spiro atoms. The van der Waals surface area contributed by atoms with Crippen molar-refractivity contribution in [3.63, 3.8) is 0 Å². The van der Waals surface area contributed by atoms with Crippen LogP contribution in [0.1, 0.15) is 45.8 Å². The van der Waals surface area contributed by atoms with Crippen molar-refractivity contribution >= 4 is 28.8 Å². The highest BCUT2D eigenvalue weighted by molar-refractivity contribution is 7.14. The van der Waals surface area contributed by atoms with E-state index >= 15 is 0 Å².